The molecule has 2 aromatic rings. The van der Waals surface area contributed by atoms with Crippen molar-refractivity contribution in [2.24, 2.45) is 5.92 Å². The van der Waals surface area contributed by atoms with Gasteiger partial charge < -0.3 is 40.4 Å². The average Bonchev–Trinajstić information content (AvgIpc) is 3.68. The zero-order valence-electron chi connectivity index (χ0n) is 19.5. The summed E-state index contributed by atoms with van der Waals surface area (Å²) in [6.07, 6.45) is 1.70. The summed E-state index contributed by atoms with van der Waals surface area (Å²) < 4.78 is 16.8. The number of carbonyl (C=O) groups excluding carboxylic acids is 1. The molecule has 0 spiro atoms. The number of urea groups is 1. The van der Waals surface area contributed by atoms with Crippen LogP contribution in [0.2, 0.25) is 0 Å². The minimum atomic E-state index is -0.799. The number of anilines is 1. The molecule has 188 valence electrons. The number of hydrogen-bond acceptors (Lipinski definition) is 8. The summed E-state index contributed by atoms with van der Waals surface area (Å²) in [5, 5.41) is 37.1. The molecule has 0 unspecified atom stereocenters. The molecule has 1 aliphatic rings. The van der Waals surface area contributed by atoms with Crippen molar-refractivity contribution in [3.8, 4) is 23.3 Å². The molecule has 1 aliphatic carbocycles. The molecule has 0 aromatic heterocycles. The summed E-state index contributed by atoms with van der Waals surface area (Å²) in [7, 11) is 0. The van der Waals surface area contributed by atoms with Crippen LogP contribution in [0.1, 0.15) is 18.4 Å². The van der Waals surface area contributed by atoms with E-state index in [-0.39, 0.29) is 24.9 Å². The lowest BCUT2D eigenvalue weighted by Gasteiger charge is -2.15. The minimum Gasteiger partial charge on any atom is -0.508 e. The topological polar surface area (TPSA) is 145 Å². The standard InChI is InChI=1S/C25H32N4O6/c26-14-19-13-23(34-12-11-33-16-18-1-2-18)7-8-24(19)35-17-22(31)15-27-9-10-28-25(32)29-20-3-5-21(30)6-4-20/h3-8,13,18,22,27,30-31H,1-2,9-12,15-17H2,(H2,28,29,32)/t22-/m0/s1. The monoisotopic (exact) mass is 484 g/mol. The van der Waals surface area contributed by atoms with E-state index in [1.807, 2.05) is 0 Å². The lowest BCUT2D eigenvalue weighted by Crippen LogP contribution is -2.38. The maximum absolute atomic E-state index is 11.8. The van der Waals surface area contributed by atoms with E-state index in [0.717, 1.165) is 6.61 Å². The van der Waals surface area contributed by atoms with Gasteiger partial charge in [-0.25, -0.2) is 4.79 Å². The van der Waals surface area contributed by atoms with Crippen LogP contribution in [0.5, 0.6) is 17.2 Å². The van der Waals surface area contributed by atoms with E-state index >= 15 is 0 Å². The van der Waals surface area contributed by atoms with Gasteiger partial charge in [0.1, 0.15) is 42.6 Å². The van der Waals surface area contributed by atoms with E-state index in [1.165, 1.54) is 25.0 Å². The molecule has 1 fully saturated rings. The fourth-order valence-corrected chi connectivity index (χ4v) is 3.06. The second-order valence-electron chi connectivity index (χ2n) is 8.23. The Hall–Kier alpha value is -3.52. The van der Waals surface area contributed by atoms with Crippen LogP contribution in [-0.4, -0.2) is 68.4 Å². The molecular formula is C25H32N4O6. The van der Waals surface area contributed by atoms with Crippen molar-refractivity contribution >= 4 is 11.7 Å². The van der Waals surface area contributed by atoms with E-state index in [9.17, 15) is 20.3 Å². The summed E-state index contributed by atoms with van der Waals surface area (Å²) in [4.78, 5) is 11.8. The number of aliphatic hydroxyl groups is 1. The lowest BCUT2D eigenvalue weighted by molar-refractivity contribution is 0.0926. The largest absolute Gasteiger partial charge is 0.508 e. The predicted molar refractivity (Wildman–Crippen MR) is 130 cm³/mol. The normalized spacial score (nSPS) is 13.5. The highest BCUT2D eigenvalue weighted by atomic mass is 16.5. The van der Waals surface area contributed by atoms with Crippen molar-refractivity contribution < 1.29 is 29.2 Å². The van der Waals surface area contributed by atoms with Gasteiger partial charge in [0.25, 0.3) is 0 Å². The highest BCUT2D eigenvalue weighted by Crippen LogP contribution is 2.28. The quantitative estimate of drug-likeness (QED) is 0.191. The lowest BCUT2D eigenvalue weighted by atomic mass is 10.2. The third-order valence-electron chi connectivity index (χ3n) is 5.14. The Kier molecular flexibility index (Phi) is 10.4. The van der Waals surface area contributed by atoms with Gasteiger partial charge in [-0.3, -0.25) is 0 Å². The zero-order valence-corrected chi connectivity index (χ0v) is 19.5. The number of aromatic hydroxyl groups is 1. The highest BCUT2D eigenvalue weighted by Gasteiger charge is 2.20. The number of nitrogens with zero attached hydrogens (tertiary/aromatic N) is 1. The molecule has 0 radical (unpaired) electrons. The second kappa shape index (κ2) is 14.0. The summed E-state index contributed by atoms with van der Waals surface area (Å²) >= 11 is 0. The average molecular weight is 485 g/mol. The van der Waals surface area contributed by atoms with Crippen molar-refractivity contribution in [1.82, 2.24) is 10.6 Å². The van der Waals surface area contributed by atoms with Crippen LogP contribution in [0, 0.1) is 17.2 Å². The van der Waals surface area contributed by atoms with E-state index < -0.39 is 6.10 Å². The number of phenols is 1. The van der Waals surface area contributed by atoms with Crippen LogP contribution < -0.4 is 25.4 Å². The Morgan fingerprint density at radius 3 is 2.66 bits per heavy atom. The van der Waals surface area contributed by atoms with Gasteiger partial charge in [-0.05, 0) is 55.2 Å². The molecule has 3 rings (SSSR count). The highest BCUT2D eigenvalue weighted by molar-refractivity contribution is 5.89. The second-order valence-corrected chi connectivity index (χ2v) is 8.23. The first-order valence-corrected chi connectivity index (χ1v) is 11.6. The zero-order chi connectivity index (χ0) is 24.9. The van der Waals surface area contributed by atoms with Crippen molar-refractivity contribution in [1.29, 1.82) is 5.26 Å². The first-order valence-electron chi connectivity index (χ1n) is 11.6. The van der Waals surface area contributed by atoms with Crippen LogP contribution >= 0.6 is 0 Å². The third kappa shape index (κ3) is 10.1. The van der Waals surface area contributed by atoms with Gasteiger partial charge in [0, 0.05) is 38.0 Å². The Labute approximate surface area is 204 Å². The number of benzene rings is 2. The molecule has 2 aromatic carbocycles. The molecule has 1 atom stereocenters. The molecule has 0 bridgehead atoms. The number of nitriles is 1. The van der Waals surface area contributed by atoms with Gasteiger partial charge >= 0.3 is 6.03 Å². The summed E-state index contributed by atoms with van der Waals surface area (Å²) in [5.41, 5.74) is 0.889. The molecule has 5 N–H and O–H groups in total. The smallest absolute Gasteiger partial charge is 0.319 e. The Bertz CT molecular complexity index is 975. The van der Waals surface area contributed by atoms with Crippen molar-refractivity contribution in [2.45, 2.75) is 18.9 Å². The number of amides is 2. The van der Waals surface area contributed by atoms with Crippen molar-refractivity contribution in [3.63, 3.8) is 0 Å². The molecule has 0 aliphatic heterocycles. The van der Waals surface area contributed by atoms with Crippen molar-refractivity contribution in [3.05, 3.63) is 48.0 Å². The number of nitrogens with one attached hydrogen (secondary N) is 3. The van der Waals surface area contributed by atoms with E-state index in [1.54, 1.807) is 30.3 Å². The number of carbonyl (C=O) groups is 1. The van der Waals surface area contributed by atoms with Gasteiger partial charge in [-0.15, -0.1) is 0 Å². The molecule has 35 heavy (non-hydrogen) atoms. The first-order chi connectivity index (χ1) is 17.0. The fourth-order valence-electron chi connectivity index (χ4n) is 3.06. The molecule has 2 amide bonds. The van der Waals surface area contributed by atoms with E-state index in [0.29, 0.717) is 55.0 Å². The van der Waals surface area contributed by atoms with Crippen LogP contribution in [-0.2, 0) is 4.74 Å². The molecule has 10 nitrogen and oxygen atoms in total. The molecule has 0 heterocycles. The molecule has 0 saturated heterocycles. The molecule has 10 heteroatoms. The maximum Gasteiger partial charge on any atom is 0.319 e. The van der Waals surface area contributed by atoms with Gasteiger partial charge in [-0.1, -0.05) is 0 Å². The van der Waals surface area contributed by atoms with Gasteiger partial charge in [0.15, 0.2) is 0 Å². The van der Waals surface area contributed by atoms with Gasteiger partial charge in [0.05, 0.1) is 12.2 Å². The molecule has 1 saturated carbocycles. The number of ether oxygens (including phenoxy) is 3. The first kappa shape index (κ1) is 26.1. The number of rotatable bonds is 15. The number of hydrogen-bond donors (Lipinski definition) is 5. The van der Waals surface area contributed by atoms with E-state index in [2.05, 4.69) is 22.0 Å². The third-order valence-corrected chi connectivity index (χ3v) is 5.14. The Morgan fingerprint density at radius 2 is 1.91 bits per heavy atom. The Balaban J connectivity index is 1.27. The van der Waals surface area contributed by atoms with Crippen LogP contribution in [0.3, 0.4) is 0 Å². The maximum atomic E-state index is 11.8. The Morgan fingerprint density at radius 1 is 1.11 bits per heavy atom. The van der Waals surface area contributed by atoms with Crippen LogP contribution in [0.4, 0.5) is 10.5 Å². The fraction of sp³-hybridized carbons (Fsp3) is 0.440. The predicted octanol–water partition coefficient (Wildman–Crippen LogP) is 2.22. The molecular weight excluding hydrogens is 452 g/mol. The van der Waals surface area contributed by atoms with E-state index in [4.69, 9.17) is 14.2 Å². The summed E-state index contributed by atoms with van der Waals surface area (Å²) in [6, 6.07) is 12.8. The summed E-state index contributed by atoms with van der Waals surface area (Å²) in [5.74, 6) is 1.77. The van der Waals surface area contributed by atoms with Crippen molar-refractivity contribution in [2.75, 3.05) is 51.4 Å². The van der Waals surface area contributed by atoms with Crippen LogP contribution in [0.15, 0.2) is 42.5 Å². The minimum absolute atomic E-state index is 0.00561. The number of aliphatic hydroxyl groups excluding tert-OH is 1. The SMILES string of the molecule is N#Cc1cc(OCCOCC2CC2)ccc1OC[C@@H](O)CNCCNC(=O)Nc1ccc(O)cc1. The van der Waals surface area contributed by atoms with Gasteiger partial charge in [0.2, 0.25) is 0 Å². The number of phenolic OH excluding ortho intramolecular Hbond substituents is 1. The van der Waals surface area contributed by atoms with Crippen LogP contribution in [0.25, 0.3) is 0 Å². The summed E-state index contributed by atoms with van der Waals surface area (Å²) in [6.45, 7) is 2.76. The van der Waals surface area contributed by atoms with Gasteiger partial charge in [-0.2, -0.15) is 5.26 Å².